The Labute approximate surface area is 182 Å². The fraction of sp³-hybridized carbons (Fsp3) is 0.909. The predicted molar refractivity (Wildman–Crippen MR) is 121 cm³/mol. The summed E-state index contributed by atoms with van der Waals surface area (Å²) >= 11 is 0. The third-order valence-corrected chi connectivity index (χ3v) is 6.22. The first-order chi connectivity index (χ1) is 14.3. The van der Waals surface area contributed by atoms with Crippen molar-refractivity contribution in [2.75, 3.05) is 66.6 Å². The van der Waals surface area contributed by atoms with Gasteiger partial charge in [-0.25, -0.2) is 4.99 Å². The molecule has 2 aliphatic rings. The zero-order valence-electron chi connectivity index (χ0n) is 19.7. The van der Waals surface area contributed by atoms with E-state index in [1.165, 1.54) is 0 Å². The molecule has 2 rings (SSSR count). The van der Waals surface area contributed by atoms with Gasteiger partial charge in [0.05, 0.1) is 19.3 Å². The Morgan fingerprint density at radius 3 is 2.63 bits per heavy atom. The molecular weight excluding hydrogens is 382 g/mol. The van der Waals surface area contributed by atoms with Crippen LogP contribution < -0.4 is 10.6 Å². The molecule has 0 aromatic heterocycles. The molecule has 1 saturated carbocycles. The van der Waals surface area contributed by atoms with Crippen molar-refractivity contribution in [1.82, 2.24) is 20.4 Å². The number of amides is 1. The fourth-order valence-corrected chi connectivity index (χ4v) is 3.72. The lowest BCUT2D eigenvalue weighted by Crippen LogP contribution is -2.63. The van der Waals surface area contributed by atoms with E-state index in [2.05, 4.69) is 41.3 Å². The number of nitrogens with zero attached hydrogens (tertiary/aromatic N) is 3. The molecule has 1 saturated heterocycles. The maximum absolute atomic E-state index is 12.0. The average molecular weight is 426 g/mol. The van der Waals surface area contributed by atoms with Crippen LogP contribution in [-0.4, -0.2) is 100 Å². The quantitative estimate of drug-likeness (QED) is 0.295. The van der Waals surface area contributed by atoms with Gasteiger partial charge in [0.15, 0.2) is 5.96 Å². The van der Waals surface area contributed by atoms with E-state index in [0.717, 1.165) is 77.6 Å². The summed E-state index contributed by atoms with van der Waals surface area (Å²) in [6.07, 6.45) is 4.52. The van der Waals surface area contributed by atoms with Crippen molar-refractivity contribution in [2.45, 2.75) is 58.6 Å². The summed E-state index contributed by atoms with van der Waals surface area (Å²) in [6.45, 7) is 13.2. The van der Waals surface area contributed by atoms with Crippen molar-refractivity contribution in [3.8, 4) is 0 Å². The average Bonchev–Trinajstić information content (AvgIpc) is 2.73. The van der Waals surface area contributed by atoms with E-state index in [0.29, 0.717) is 0 Å². The fourth-order valence-electron chi connectivity index (χ4n) is 3.72. The predicted octanol–water partition coefficient (Wildman–Crippen LogP) is 1.32. The van der Waals surface area contributed by atoms with Gasteiger partial charge in [0.25, 0.3) is 0 Å². The number of likely N-dealkylation sites (N-methyl/N-ethyl adjacent to an activating group) is 1. The van der Waals surface area contributed by atoms with Crippen LogP contribution in [0, 0.1) is 5.41 Å². The highest BCUT2D eigenvalue weighted by atomic mass is 16.5. The van der Waals surface area contributed by atoms with Crippen LogP contribution in [0.1, 0.15) is 46.5 Å². The van der Waals surface area contributed by atoms with Crippen molar-refractivity contribution in [1.29, 1.82) is 0 Å². The number of hydrogen-bond donors (Lipinski definition) is 2. The van der Waals surface area contributed by atoms with E-state index in [4.69, 9.17) is 9.47 Å². The number of rotatable bonds is 11. The molecule has 0 bridgehead atoms. The van der Waals surface area contributed by atoms with E-state index in [1.54, 1.807) is 19.0 Å². The lowest BCUT2D eigenvalue weighted by molar-refractivity contribution is -0.127. The SMILES string of the molecule is CCCCOC1CC(NC(=NCC(=O)N(C)C)NCCCN2CCOCC2)C1(C)C. The molecule has 2 atom stereocenters. The molecule has 30 heavy (non-hydrogen) atoms. The Bertz CT molecular complexity index is 547. The molecule has 2 fully saturated rings. The first kappa shape index (κ1) is 24.9. The maximum Gasteiger partial charge on any atom is 0.243 e. The van der Waals surface area contributed by atoms with Crippen LogP contribution in [0.25, 0.3) is 0 Å². The molecule has 1 aliphatic carbocycles. The van der Waals surface area contributed by atoms with Gasteiger partial charge in [-0.15, -0.1) is 0 Å². The molecule has 0 radical (unpaired) electrons. The second-order valence-electron chi connectivity index (χ2n) is 9.15. The van der Waals surface area contributed by atoms with Crippen molar-refractivity contribution in [3.63, 3.8) is 0 Å². The molecule has 0 aromatic rings. The summed E-state index contributed by atoms with van der Waals surface area (Å²) in [5.74, 6) is 0.718. The Morgan fingerprint density at radius 2 is 2.00 bits per heavy atom. The number of unbranched alkanes of at least 4 members (excludes halogenated alkanes) is 1. The van der Waals surface area contributed by atoms with Crippen LogP contribution in [0.15, 0.2) is 4.99 Å². The first-order valence-electron chi connectivity index (χ1n) is 11.5. The van der Waals surface area contributed by atoms with Gasteiger partial charge in [0.2, 0.25) is 5.91 Å². The van der Waals surface area contributed by atoms with Crippen molar-refractivity contribution in [2.24, 2.45) is 10.4 Å². The van der Waals surface area contributed by atoms with E-state index in [1.807, 2.05) is 0 Å². The standard InChI is InChI=1S/C22H43N5O3/c1-6-7-13-30-19-16-18(22(19,2)3)25-21(24-17-20(28)26(4)5)23-9-8-10-27-11-14-29-15-12-27/h18-19H,6-17H2,1-5H3,(H2,23,24,25). The number of nitrogens with one attached hydrogen (secondary N) is 2. The third kappa shape index (κ3) is 7.71. The number of ether oxygens (including phenoxy) is 2. The van der Waals surface area contributed by atoms with Gasteiger partial charge < -0.3 is 25.0 Å². The second-order valence-corrected chi connectivity index (χ2v) is 9.15. The molecule has 1 aliphatic heterocycles. The summed E-state index contributed by atoms with van der Waals surface area (Å²) in [5, 5.41) is 6.98. The number of morpholine rings is 1. The Kier molecular flexibility index (Phi) is 10.3. The van der Waals surface area contributed by atoms with Gasteiger partial charge >= 0.3 is 0 Å². The van der Waals surface area contributed by atoms with Crippen LogP contribution in [0.3, 0.4) is 0 Å². The molecule has 8 nitrogen and oxygen atoms in total. The molecule has 174 valence electrons. The zero-order chi connectivity index (χ0) is 22.0. The van der Waals surface area contributed by atoms with Gasteiger partial charge in [0.1, 0.15) is 6.54 Å². The Morgan fingerprint density at radius 1 is 1.27 bits per heavy atom. The molecule has 2 N–H and O–H groups in total. The van der Waals surface area contributed by atoms with Gasteiger partial charge in [-0.05, 0) is 25.8 Å². The largest absolute Gasteiger partial charge is 0.379 e. The highest BCUT2D eigenvalue weighted by molar-refractivity contribution is 5.85. The van der Waals surface area contributed by atoms with Gasteiger partial charge in [0, 0.05) is 51.8 Å². The molecule has 1 heterocycles. The molecular formula is C22H43N5O3. The molecule has 0 spiro atoms. The minimum absolute atomic E-state index is 0.00179. The normalized spacial score (nSPS) is 24.2. The molecule has 2 unspecified atom stereocenters. The Balaban J connectivity index is 1.83. The van der Waals surface area contributed by atoms with Crippen LogP contribution in [-0.2, 0) is 14.3 Å². The molecule has 8 heteroatoms. The lowest BCUT2D eigenvalue weighted by atomic mass is 9.64. The summed E-state index contributed by atoms with van der Waals surface area (Å²) in [7, 11) is 3.52. The summed E-state index contributed by atoms with van der Waals surface area (Å²) in [5.41, 5.74) is 0.0373. The third-order valence-electron chi connectivity index (χ3n) is 6.22. The highest BCUT2D eigenvalue weighted by Gasteiger charge is 2.49. The van der Waals surface area contributed by atoms with E-state index in [9.17, 15) is 4.79 Å². The van der Waals surface area contributed by atoms with Crippen LogP contribution >= 0.6 is 0 Å². The lowest BCUT2D eigenvalue weighted by Gasteiger charge is -2.52. The first-order valence-corrected chi connectivity index (χ1v) is 11.5. The van der Waals surface area contributed by atoms with Gasteiger partial charge in [-0.3, -0.25) is 9.69 Å². The van der Waals surface area contributed by atoms with Crippen LogP contribution in [0.4, 0.5) is 0 Å². The van der Waals surface area contributed by atoms with Crippen LogP contribution in [0.5, 0.6) is 0 Å². The highest BCUT2D eigenvalue weighted by Crippen LogP contribution is 2.42. The maximum atomic E-state index is 12.0. The number of aliphatic imine (C=N–C) groups is 1. The zero-order valence-corrected chi connectivity index (χ0v) is 19.7. The van der Waals surface area contributed by atoms with Crippen molar-refractivity contribution in [3.05, 3.63) is 0 Å². The van der Waals surface area contributed by atoms with Crippen molar-refractivity contribution >= 4 is 11.9 Å². The van der Waals surface area contributed by atoms with E-state index >= 15 is 0 Å². The Hall–Kier alpha value is -1.38. The van der Waals surface area contributed by atoms with Gasteiger partial charge in [-0.2, -0.15) is 0 Å². The minimum Gasteiger partial charge on any atom is -0.379 e. The summed E-state index contributed by atoms with van der Waals surface area (Å²) < 4.78 is 11.5. The summed E-state index contributed by atoms with van der Waals surface area (Å²) in [6, 6.07) is 0.282. The smallest absolute Gasteiger partial charge is 0.243 e. The van der Waals surface area contributed by atoms with Crippen molar-refractivity contribution < 1.29 is 14.3 Å². The second kappa shape index (κ2) is 12.5. The topological polar surface area (TPSA) is 78.4 Å². The van der Waals surface area contributed by atoms with E-state index < -0.39 is 0 Å². The minimum atomic E-state index is -0.00179. The number of hydrogen-bond acceptors (Lipinski definition) is 5. The van der Waals surface area contributed by atoms with Crippen LogP contribution in [0.2, 0.25) is 0 Å². The number of carbonyl (C=O) groups is 1. The summed E-state index contributed by atoms with van der Waals surface area (Å²) in [4.78, 5) is 20.6. The monoisotopic (exact) mass is 425 g/mol. The number of carbonyl (C=O) groups excluding carboxylic acids is 1. The number of guanidine groups is 1. The van der Waals surface area contributed by atoms with E-state index in [-0.39, 0.29) is 30.0 Å². The molecule has 1 amide bonds. The van der Waals surface area contributed by atoms with Gasteiger partial charge in [-0.1, -0.05) is 27.2 Å². The molecule has 0 aromatic carbocycles.